The van der Waals surface area contributed by atoms with E-state index in [1.807, 2.05) is 0 Å². The lowest BCUT2D eigenvalue weighted by atomic mass is 10.2. The monoisotopic (exact) mass is 229 g/mol. The van der Waals surface area contributed by atoms with E-state index in [2.05, 4.69) is 6.26 Å². The summed E-state index contributed by atoms with van der Waals surface area (Å²) in [5, 5.41) is 0.597. The lowest BCUT2D eigenvalue weighted by Crippen LogP contribution is -2.36. The molecule has 1 heterocycles. The van der Waals surface area contributed by atoms with E-state index in [9.17, 15) is 8.42 Å². The van der Waals surface area contributed by atoms with Crippen LogP contribution in [0.4, 0.5) is 0 Å². The highest BCUT2D eigenvalue weighted by Crippen LogP contribution is 2.23. The fourth-order valence-electron chi connectivity index (χ4n) is 1.29. The van der Waals surface area contributed by atoms with Crippen LogP contribution in [0.2, 0.25) is 0 Å². The molecule has 1 fully saturated rings. The van der Waals surface area contributed by atoms with Crippen molar-refractivity contribution < 1.29 is 8.42 Å². The summed E-state index contributed by atoms with van der Waals surface area (Å²) in [5.41, 5.74) is 0. The largest absolute Gasteiger partial charge is 0.299 e. The van der Waals surface area contributed by atoms with E-state index in [0.717, 1.165) is 12.8 Å². The molecule has 0 bridgehead atoms. The van der Waals surface area contributed by atoms with Gasteiger partial charge in [0.1, 0.15) is 0 Å². The molecule has 1 aliphatic heterocycles. The van der Waals surface area contributed by atoms with Crippen molar-refractivity contribution in [1.29, 1.82) is 0 Å². The number of thioether (sulfide) groups is 1. The molecule has 0 amide bonds. The predicted octanol–water partition coefficient (Wildman–Crippen LogP) is 1.30. The van der Waals surface area contributed by atoms with Crippen LogP contribution < -0.4 is 0 Å². The quantitative estimate of drug-likeness (QED) is 0.670. The highest BCUT2D eigenvalue weighted by molar-refractivity contribution is 8.11. The molecule has 1 aliphatic rings. The first-order chi connectivity index (χ1) is 5.54. The van der Waals surface area contributed by atoms with Crippen molar-refractivity contribution in [2.24, 2.45) is 0 Å². The Kier molecular flexibility index (Phi) is 3.70. The van der Waals surface area contributed by atoms with Gasteiger partial charge in [-0.2, -0.15) is 24.5 Å². The van der Waals surface area contributed by atoms with Crippen molar-refractivity contribution in [3.05, 3.63) is 0 Å². The fraction of sp³-hybridized carbons (Fsp3) is 1.00. The number of rotatable bonds is 2. The number of hydrogen-bond donors (Lipinski definition) is 0. The topological polar surface area (TPSA) is 37.4 Å². The smallest absolute Gasteiger partial charge is 0.195 e. The van der Waals surface area contributed by atoms with Crippen LogP contribution in [0.1, 0.15) is 12.8 Å². The highest BCUT2D eigenvalue weighted by atomic mass is 35.7. The van der Waals surface area contributed by atoms with Crippen molar-refractivity contribution in [2.45, 2.75) is 18.1 Å². The van der Waals surface area contributed by atoms with Gasteiger partial charge in [-0.05, 0) is 19.1 Å². The first kappa shape index (κ1) is 10.6. The summed E-state index contributed by atoms with van der Waals surface area (Å²) in [6.07, 6.45) is 3.87. The average molecular weight is 230 g/mol. The summed E-state index contributed by atoms with van der Waals surface area (Å²) in [4.78, 5) is 0. The molecule has 0 atom stereocenters. The number of hydrogen-bond acceptors (Lipinski definition) is 3. The Hall–Kier alpha value is 0.550. The summed E-state index contributed by atoms with van der Waals surface area (Å²) >= 11 is 1.79. The van der Waals surface area contributed by atoms with Gasteiger partial charge >= 0.3 is 0 Å². The molecule has 0 aromatic rings. The van der Waals surface area contributed by atoms with E-state index in [4.69, 9.17) is 10.7 Å². The van der Waals surface area contributed by atoms with Crippen molar-refractivity contribution in [2.75, 3.05) is 19.3 Å². The molecule has 0 N–H and O–H groups in total. The Morgan fingerprint density at radius 3 is 2.25 bits per heavy atom. The molecule has 0 aromatic heterocycles. The number of nitrogens with zero attached hydrogens (tertiary/aromatic N) is 1. The van der Waals surface area contributed by atoms with Gasteiger partial charge in [0, 0.05) is 29.0 Å². The van der Waals surface area contributed by atoms with Crippen LogP contribution in [-0.2, 0) is 9.24 Å². The maximum atomic E-state index is 10.9. The standard InChI is InChI=1S/C6H12ClNO2S2/c1-11-6-2-4-8(5-3-6)12(7,9)10/h6H,2-5H2,1H3. The van der Waals surface area contributed by atoms with Crippen LogP contribution in [0.3, 0.4) is 0 Å². The predicted molar refractivity (Wildman–Crippen MR) is 52.9 cm³/mol. The minimum absolute atomic E-state index is 0.567. The molecular weight excluding hydrogens is 218 g/mol. The van der Waals surface area contributed by atoms with Gasteiger partial charge in [-0.1, -0.05) is 0 Å². The molecule has 0 spiro atoms. The van der Waals surface area contributed by atoms with Crippen LogP contribution in [0.25, 0.3) is 0 Å². The lowest BCUT2D eigenvalue weighted by molar-refractivity contribution is 0.359. The van der Waals surface area contributed by atoms with Gasteiger partial charge in [-0.25, -0.2) is 0 Å². The maximum Gasteiger partial charge on any atom is 0.299 e. The summed E-state index contributed by atoms with van der Waals surface area (Å²) in [6.45, 7) is 1.13. The van der Waals surface area contributed by atoms with Crippen molar-refractivity contribution in [1.82, 2.24) is 4.31 Å². The molecule has 0 saturated carbocycles. The zero-order valence-electron chi connectivity index (χ0n) is 6.86. The Morgan fingerprint density at radius 1 is 1.42 bits per heavy atom. The van der Waals surface area contributed by atoms with Gasteiger partial charge in [0.2, 0.25) is 0 Å². The van der Waals surface area contributed by atoms with E-state index < -0.39 is 9.24 Å². The normalized spacial score (nSPS) is 22.8. The number of halogens is 1. The molecule has 6 heteroatoms. The van der Waals surface area contributed by atoms with Crippen LogP contribution in [0.5, 0.6) is 0 Å². The summed E-state index contributed by atoms with van der Waals surface area (Å²) in [5.74, 6) is 0. The van der Waals surface area contributed by atoms with Gasteiger partial charge in [0.25, 0.3) is 9.24 Å². The molecule has 0 radical (unpaired) electrons. The molecular formula is C6H12ClNO2S2. The molecule has 12 heavy (non-hydrogen) atoms. The second-order valence-corrected chi connectivity index (χ2v) is 6.42. The summed E-state index contributed by atoms with van der Waals surface area (Å²) in [7, 11) is 1.73. The van der Waals surface area contributed by atoms with Gasteiger partial charge in [-0.3, -0.25) is 0 Å². The van der Waals surface area contributed by atoms with Crippen molar-refractivity contribution in [3.8, 4) is 0 Å². The third-order valence-electron chi connectivity index (χ3n) is 2.04. The van der Waals surface area contributed by atoms with Crippen LogP contribution in [0, 0.1) is 0 Å². The first-order valence-corrected chi connectivity index (χ1v) is 7.32. The van der Waals surface area contributed by atoms with Crippen LogP contribution in [0.15, 0.2) is 0 Å². The molecule has 72 valence electrons. The van der Waals surface area contributed by atoms with Gasteiger partial charge in [0.15, 0.2) is 0 Å². The van der Waals surface area contributed by atoms with Crippen LogP contribution >= 0.6 is 22.4 Å². The molecule has 3 nitrogen and oxygen atoms in total. The van der Waals surface area contributed by atoms with Gasteiger partial charge in [0.05, 0.1) is 0 Å². The van der Waals surface area contributed by atoms with E-state index >= 15 is 0 Å². The van der Waals surface area contributed by atoms with Crippen molar-refractivity contribution >= 4 is 31.7 Å². The fourth-order valence-corrected chi connectivity index (χ4v) is 3.03. The molecule has 1 rings (SSSR count). The van der Waals surface area contributed by atoms with E-state index in [-0.39, 0.29) is 0 Å². The Balaban J connectivity index is 2.47. The Bertz CT molecular complexity index is 234. The van der Waals surface area contributed by atoms with E-state index in [0.29, 0.717) is 18.3 Å². The number of piperidine rings is 1. The lowest BCUT2D eigenvalue weighted by Gasteiger charge is -2.27. The zero-order valence-corrected chi connectivity index (χ0v) is 9.25. The van der Waals surface area contributed by atoms with E-state index in [1.54, 1.807) is 11.8 Å². The zero-order chi connectivity index (χ0) is 9.19. The highest BCUT2D eigenvalue weighted by Gasteiger charge is 2.25. The van der Waals surface area contributed by atoms with Gasteiger partial charge < -0.3 is 0 Å². The first-order valence-electron chi connectivity index (χ1n) is 3.76. The third kappa shape index (κ3) is 2.80. The molecule has 0 unspecified atom stereocenters. The van der Waals surface area contributed by atoms with E-state index in [1.165, 1.54) is 4.31 Å². The second-order valence-electron chi connectivity index (χ2n) is 2.78. The molecule has 0 aliphatic carbocycles. The van der Waals surface area contributed by atoms with Crippen molar-refractivity contribution in [3.63, 3.8) is 0 Å². The van der Waals surface area contributed by atoms with Gasteiger partial charge in [-0.15, -0.1) is 0 Å². The molecule has 0 aromatic carbocycles. The summed E-state index contributed by atoms with van der Waals surface area (Å²) in [6, 6.07) is 0. The average Bonchev–Trinajstić information content (AvgIpc) is 2.03. The SMILES string of the molecule is CSC1CCN(S(=O)(=O)Cl)CC1. The summed E-state index contributed by atoms with van der Waals surface area (Å²) < 4.78 is 23.1. The third-order valence-corrected chi connectivity index (χ3v) is 4.75. The minimum atomic E-state index is -3.46. The Labute approximate surface area is 82.0 Å². The Morgan fingerprint density at radius 2 is 1.92 bits per heavy atom. The maximum absolute atomic E-state index is 10.9. The van der Waals surface area contributed by atoms with Crippen LogP contribution in [-0.4, -0.2) is 37.3 Å². The molecule has 1 saturated heterocycles. The second kappa shape index (κ2) is 4.17. The minimum Gasteiger partial charge on any atom is -0.195 e.